The van der Waals surface area contributed by atoms with E-state index in [9.17, 15) is 0 Å². The Hall–Kier alpha value is -1.09. The van der Waals surface area contributed by atoms with Crippen LogP contribution in [0.15, 0.2) is 24.3 Å². The van der Waals surface area contributed by atoms with Crippen LogP contribution in [0.3, 0.4) is 0 Å². The maximum Gasteiger partial charge on any atom is 0.0621 e. The highest BCUT2D eigenvalue weighted by molar-refractivity contribution is 7.80. The first-order chi connectivity index (χ1) is 6.25. The minimum Gasteiger partial charge on any atom is -0.397 e. The Balaban J connectivity index is 2.83. The van der Waals surface area contributed by atoms with Crippen molar-refractivity contribution in [3.05, 3.63) is 29.8 Å². The molecule has 3 heteroatoms. The fraction of sp³-hybridized carbons (Fsp3) is 0.200. The van der Waals surface area contributed by atoms with E-state index in [0.717, 1.165) is 17.7 Å². The number of nitrogens with two attached hydrogens (primary N) is 2. The van der Waals surface area contributed by atoms with Gasteiger partial charge in [0.05, 0.1) is 11.4 Å². The number of benzene rings is 1. The van der Waals surface area contributed by atoms with Gasteiger partial charge in [-0.25, -0.2) is 0 Å². The lowest BCUT2D eigenvalue weighted by molar-refractivity contribution is 1.26. The van der Waals surface area contributed by atoms with Gasteiger partial charge in [0.1, 0.15) is 0 Å². The minimum absolute atomic E-state index is 0.632. The molecule has 0 spiro atoms. The van der Waals surface area contributed by atoms with Gasteiger partial charge in [0.15, 0.2) is 0 Å². The first-order valence-electron chi connectivity index (χ1n) is 4.17. The highest BCUT2D eigenvalue weighted by Crippen LogP contribution is 2.20. The summed E-state index contributed by atoms with van der Waals surface area (Å²) in [5.74, 6) is 0.846. The Kier molecular flexibility index (Phi) is 3.71. The maximum atomic E-state index is 5.77. The lowest BCUT2D eigenvalue weighted by atomic mass is 10.1. The Morgan fingerprint density at radius 2 is 2.08 bits per heavy atom. The smallest absolute Gasteiger partial charge is 0.0621 e. The summed E-state index contributed by atoms with van der Waals surface area (Å²) in [5.41, 5.74) is 13.7. The molecule has 1 aromatic carbocycles. The summed E-state index contributed by atoms with van der Waals surface area (Å²) in [7, 11) is 0. The first-order valence-corrected chi connectivity index (χ1v) is 4.80. The molecule has 0 amide bonds. The van der Waals surface area contributed by atoms with E-state index in [1.54, 1.807) is 6.07 Å². The molecule has 0 aliphatic heterocycles. The molecule has 13 heavy (non-hydrogen) atoms. The third-order valence-corrected chi connectivity index (χ3v) is 2.02. The van der Waals surface area contributed by atoms with Gasteiger partial charge in [-0.15, -0.1) is 0 Å². The van der Waals surface area contributed by atoms with Crippen molar-refractivity contribution >= 4 is 30.1 Å². The number of nitrogen functional groups attached to an aromatic ring is 2. The van der Waals surface area contributed by atoms with Crippen LogP contribution >= 0.6 is 12.6 Å². The van der Waals surface area contributed by atoms with Gasteiger partial charge in [0, 0.05) is 0 Å². The highest BCUT2D eigenvalue weighted by atomic mass is 32.1. The molecule has 0 aliphatic rings. The lowest BCUT2D eigenvalue weighted by Crippen LogP contribution is -1.96. The summed E-state index contributed by atoms with van der Waals surface area (Å²) >= 11 is 4.11. The Bertz CT molecular complexity index is 308. The second-order valence-corrected chi connectivity index (χ2v) is 3.21. The number of thiol groups is 1. The molecule has 70 valence electrons. The summed E-state index contributed by atoms with van der Waals surface area (Å²) in [5, 5.41) is 0. The summed E-state index contributed by atoms with van der Waals surface area (Å²) in [4.78, 5) is 0. The second-order valence-electron chi connectivity index (χ2n) is 2.76. The van der Waals surface area contributed by atoms with E-state index in [0.29, 0.717) is 11.4 Å². The van der Waals surface area contributed by atoms with Gasteiger partial charge in [-0.1, -0.05) is 24.3 Å². The number of para-hydroxylation sites is 1. The predicted octanol–water partition coefficient (Wildman–Crippen LogP) is 2.18. The van der Waals surface area contributed by atoms with Crippen molar-refractivity contribution in [1.82, 2.24) is 0 Å². The molecule has 1 rings (SSSR count). The fourth-order valence-corrected chi connectivity index (χ4v) is 1.18. The van der Waals surface area contributed by atoms with Crippen molar-refractivity contribution in [2.75, 3.05) is 17.2 Å². The van der Waals surface area contributed by atoms with Gasteiger partial charge in [0.2, 0.25) is 0 Å². The van der Waals surface area contributed by atoms with Gasteiger partial charge in [0.25, 0.3) is 0 Å². The average Bonchev–Trinajstić information content (AvgIpc) is 2.13. The van der Waals surface area contributed by atoms with E-state index in [1.165, 1.54) is 0 Å². The van der Waals surface area contributed by atoms with E-state index in [2.05, 4.69) is 12.6 Å². The Morgan fingerprint density at radius 3 is 2.77 bits per heavy atom. The molecule has 0 heterocycles. The van der Waals surface area contributed by atoms with Crippen LogP contribution in [0.2, 0.25) is 0 Å². The van der Waals surface area contributed by atoms with Crippen molar-refractivity contribution in [1.29, 1.82) is 0 Å². The number of hydrogen-bond acceptors (Lipinski definition) is 3. The van der Waals surface area contributed by atoms with Crippen LogP contribution in [-0.4, -0.2) is 5.75 Å². The van der Waals surface area contributed by atoms with Crippen LogP contribution in [0.25, 0.3) is 6.08 Å². The largest absolute Gasteiger partial charge is 0.397 e. The number of hydrogen-bond donors (Lipinski definition) is 3. The molecule has 0 unspecified atom stereocenters. The van der Waals surface area contributed by atoms with E-state index < -0.39 is 0 Å². The highest BCUT2D eigenvalue weighted by Gasteiger charge is 1.96. The zero-order chi connectivity index (χ0) is 9.68. The van der Waals surface area contributed by atoms with Crippen molar-refractivity contribution in [3.8, 4) is 0 Å². The number of anilines is 2. The molecule has 0 radical (unpaired) electrons. The Morgan fingerprint density at radius 1 is 1.31 bits per heavy atom. The predicted molar refractivity (Wildman–Crippen MR) is 62.8 cm³/mol. The van der Waals surface area contributed by atoms with Gasteiger partial charge in [-0.3, -0.25) is 0 Å². The zero-order valence-corrected chi connectivity index (χ0v) is 8.30. The molecular formula is C10H14N2S. The molecule has 1 aromatic rings. The number of allylic oxidation sites excluding steroid dienone is 1. The molecule has 4 N–H and O–H groups in total. The normalized spacial score (nSPS) is 10.8. The third kappa shape index (κ3) is 2.70. The van der Waals surface area contributed by atoms with E-state index in [4.69, 9.17) is 11.5 Å². The van der Waals surface area contributed by atoms with Gasteiger partial charge >= 0.3 is 0 Å². The van der Waals surface area contributed by atoms with Crippen molar-refractivity contribution < 1.29 is 0 Å². The fourth-order valence-electron chi connectivity index (χ4n) is 1.03. The average molecular weight is 194 g/mol. The molecule has 0 aliphatic carbocycles. The first kappa shape index (κ1) is 9.99. The molecule has 0 saturated carbocycles. The van der Waals surface area contributed by atoms with Gasteiger partial charge < -0.3 is 11.5 Å². The molecule has 2 nitrogen and oxygen atoms in total. The molecule has 0 fully saturated rings. The summed E-state index contributed by atoms with van der Waals surface area (Å²) in [6.45, 7) is 0. The topological polar surface area (TPSA) is 52.0 Å². The van der Waals surface area contributed by atoms with Crippen LogP contribution in [0.5, 0.6) is 0 Å². The second kappa shape index (κ2) is 4.82. The number of rotatable bonds is 3. The van der Waals surface area contributed by atoms with E-state index in [-0.39, 0.29) is 0 Å². The molecule has 0 aromatic heterocycles. The van der Waals surface area contributed by atoms with Crippen LogP contribution in [-0.2, 0) is 0 Å². The SMILES string of the molecule is Nc1cccc(C=CCCS)c1N. The Labute approximate surface area is 84.0 Å². The third-order valence-electron chi connectivity index (χ3n) is 1.77. The summed E-state index contributed by atoms with van der Waals surface area (Å²) in [6.07, 6.45) is 4.96. The quantitative estimate of drug-likeness (QED) is 0.510. The van der Waals surface area contributed by atoms with Crippen LogP contribution in [0.1, 0.15) is 12.0 Å². The lowest BCUT2D eigenvalue weighted by Gasteiger charge is -2.02. The van der Waals surface area contributed by atoms with Crippen LogP contribution < -0.4 is 11.5 Å². The monoisotopic (exact) mass is 194 g/mol. The van der Waals surface area contributed by atoms with E-state index in [1.807, 2.05) is 24.3 Å². The molecule has 0 bridgehead atoms. The van der Waals surface area contributed by atoms with Crippen LogP contribution in [0.4, 0.5) is 11.4 Å². The van der Waals surface area contributed by atoms with Gasteiger partial charge in [-0.05, 0) is 23.8 Å². The molecule has 0 atom stereocenters. The van der Waals surface area contributed by atoms with Crippen LogP contribution in [0, 0.1) is 0 Å². The molecular weight excluding hydrogens is 180 g/mol. The van der Waals surface area contributed by atoms with Crippen molar-refractivity contribution in [2.24, 2.45) is 0 Å². The van der Waals surface area contributed by atoms with Gasteiger partial charge in [-0.2, -0.15) is 12.6 Å². The van der Waals surface area contributed by atoms with Crippen molar-refractivity contribution in [3.63, 3.8) is 0 Å². The van der Waals surface area contributed by atoms with Crippen molar-refractivity contribution in [2.45, 2.75) is 6.42 Å². The van der Waals surface area contributed by atoms with E-state index >= 15 is 0 Å². The molecule has 0 saturated heterocycles. The zero-order valence-electron chi connectivity index (χ0n) is 7.40. The summed E-state index contributed by atoms with van der Waals surface area (Å²) < 4.78 is 0. The minimum atomic E-state index is 0.632. The summed E-state index contributed by atoms with van der Waals surface area (Å²) in [6, 6.07) is 5.64. The maximum absolute atomic E-state index is 5.77. The standard InChI is InChI=1S/C10H14N2S/c11-9-6-3-5-8(10(9)12)4-1-2-7-13/h1,3-6,13H,2,7,11-12H2.